The van der Waals surface area contributed by atoms with E-state index in [2.05, 4.69) is 25.3 Å². The number of hydrogen-bond acceptors (Lipinski definition) is 9. The number of benzene rings is 3. The summed E-state index contributed by atoms with van der Waals surface area (Å²) in [6.07, 6.45) is 2.78. The van der Waals surface area contributed by atoms with Crippen molar-refractivity contribution >= 4 is 66.1 Å². The number of nitrogens with one attached hydrogen (secondary N) is 4. The molecule has 5 N–H and O–H groups in total. The van der Waals surface area contributed by atoms with Crippen LogP contribution in [0.1, 0.15) is 6.92 Å². The van der Waals surface area contributed by atoms with Gasteiger partial charge >= 0.3 is 0 Å². The molecule has 0 radical (unpaired) electrons. The maximum Gasteiger partial charge on any atom is 0.263 e. The molecule has 1 heterocycles. The third kappa shape index (κ3) is 7.24. The van der Waals surface area contributed by atoms with E-state index in [1.54, 1.807) is 31.2 Å². The van der Waals surface area contributed by atoms with Gasteiger partial charge in [-0.25, -0.2) is 26.8 Å². The second kappa shape index (κ2) is 12.2. The molecule has 2 atom stereocenters. The number of hydrogen-bond donors (Lipinski definition) is 5. The van der Waals surface area contributed by atoms with Crippen molar-refractivity contribution in [1.29, 1.82) is 4.78 Å². The van der Waals surface area contributed by atoms with Gasteiger partial charge in [0.25, 0.3) is 10.0 Å². The van der Waals surface area contributed by atoms with E-state index in [-0.39, 0.29) is 39.0 Å². The van der Waals surface area contributed by atoms with Gasteiger partial charge < -0.3 is 15.7 Å². The van der Waals surface area contributed by atoms with Crippen LogP contribution in [0.25, 0.3) is 11.1 Å². The van der Waals surface area contributed by atoms with Gasteiger partial charge in [-0.2, -0.15) is 4.98 Å². The normalized spacial score (nSPS) is 13.7. The molecule has 15 heteroatoms. The van der Waals surface area contributed by atoms with E-state index in [0.29, 0.717) is 21.7 Å². The molecule has 0 fully saturated rings. The van der Waals surface area contributed by atoms with E-state index in [0.717, 1.165) is 6.07 Å². The Bertz CT molecular complexity index is 1810. The summed E-state index contributed by atoms with van der Waals surface area (Å²) in [5.41, 5.74) is 0.989. The maximum absolute atomic E-state index is 15.2. The standard InChI is InChI=1S/C26H25Cl2FN6O4S2/c1-15(14-36)32-25-19(13-31-26(34-25)33-17-7-9-18(10-8-17)40(2,30)37)16-6-11-22(21(29)12-16)35-41(38,39)23-5-3-4-20(27)24(23)28/h3-13,15,30,35-36H,14H2,1-2H3,(H2,31,32,33,34)/t15-,40?/m1/s1. The molecular formula is C26H25Cl2FN6O4S2. The van der Waals surface area contributed by atoms with Gasteiger partial charge in [-0.1, -0.05) is 35.3 Å². The summed E-state index contributed by atoms with van der Waals surface area (Å²) in [7, 11) is -7.11. The second-order valence-corrected chi connectivity index (χ2v) is 13.6. The van der Waals surface area contributed by atoms with Gasteiger partial charge in [0.05, 0.1) is 32.1 Å². The fourth-order valence-electron chi connectivity index (χ4n) is 3.63. The first kappa shape index (κ1) is 30.5. The van der Waals surface area contributed by atoms with Crippen molar-refractivity contribution < 1.29 is 22.1 Å². The number of aromatic nitrogens is 2. The van der Waals surface area contributed by atoms with Gasteiger partial charge in [0.15, 0.2) is 0 Å². The Morgan fingerprint density at radius 3 is 2.41 bits per heavy atom. The highest BCUT2D eigenvalue weighted by molar-refractivity contribution is 7.93. The van der Waals surface area contributed by atoms with E-state index in [4.69, 9.17) is 28.0 Å². The number of aliphatic hydroxyl groups is 1. The molecule has 10 nitrogen and oxygen atoms in total. The molecule has 4 rings (SSSR count). The zero-order chi connectivity index (χ0) is 29.9. The lowest BCUT2D eigenvalue weighted by molar-refractivity contribution is 0.281. The summed E-state index contributed by atoms with van der Waals surface area (Å²) in [6, 6.07) is 14.0. The SMILES string of the molecule is C[C@H](CO)Nc1nc(Nc2ccc(S(C)(=N)=O)cc2)ncc1-c1ccc(NS(=O)(=O)c2cccc(Cl)c2Cl)c(F)c1. The van der Waals surface area contributed by atoms with Gasteiger partial charge in [-0.3, -0.25) is 4.72 Å². The molecule has 3 aromatic carbocycles. The monoisotopic (exact) mass is 638 g/mol. The molecule has 0 saturated carbocycles. The lowest BCUT2D eigenvalue weighted by Gasteiger charge is -2.17. The average molecular weight is 640 g/mol. The van der Waals surface area contributed by atoms with Crippen molar-refractivity contribution in [2.75, 3.05) is 28.2 Å². The Morgan fingerprint density at radius 1 is 1.07 bits per heavy atom. The number of aliphatic hydroxyl groups excluding tert-OH is 1. The predicted molar refractivity (Wildman–Crippen MR) is 160 cm³/mol. The Labute approximate surface area is 247 Å². The molecule has 0 aliphatic rings. The van der Waals surface area contributed by atoms with Crippen LogP contribution >= 0.6 is 23.2 Å². The van der Waals surface area contributed by atoms with E-state index < -0.39 is 31.6 Å². The van der Waals surface area contributed by atoms with Crippen LogP contribution < -0.4 is 15.4 Å². The van der Waals surface area contributed by atoms with Crippen LogP contribution in [-0.4, -0.2) is 46.6 Å². The van der Waals surface area contributed by atoms with Crippen molar-refractivity contribution in [3.63, 3.8) is 0 Å². The highest BCUT2D eigenvalue weighted by Crippen LogP contribution is 2.33. The van der Waals surface area contributed by atoms with E-state index >= 15 is 4.39 Å². The summed E-state index contributed by atoms with van der Waals surface area (Å²) < 4.78 is 62.7. The molecule has 0 aliphatic heterocycles. The van der Waals surface area contributed by atoms with Crippen molar-refractivity contribution in [2.45, 2.75) is 22.8 Å². The zero-order valence-electron chi connectivity index (χ0n) is 21.7. The van der Waals surface area contributed by atoms with Crippen molar-refractivity contribution in [3.8, 4) is 11.1 Å². The molecular weight excluding hydrogens is 614 g/mol. The number of halogens is 3. The molecule has 0 spiro atoms. The highest BCUT2D eigenvalue weighted by atomic mass is 35.5. The molecule has 216 valence electrons. The summed E-state index contributed by atoms with van der Waals surface area (Å²) in [5, 5.41) is 15.5. The third-order valence-corrected chi connectivity index (χ3v) is 9.25. The predicted octanol–water partition coefficient (Wildman–Crippen LogP) is 5.96. The third-order valence-electron chi connectivity index (χ3n) is 5.74. The van der Waals surface area contributed by atoms with Crippen LogP contribution in [0, 0.1) is 10.6 Å². The largest absolute Gasteiger partial charge is 0.394 e. The Kier molecular flexibility index (Phi) is 9.04. The Morgan fingerprint density at radius 2 is 1.78 bits per heavy atom. The second-order valence-electron chi connectivity index (χ2n) is 9.03. The van der Waals surface area contributed by atoms with E-state index in [1.807, 2.05) is 0 Å². The van der Waals surface area contributed by atoms with Gasteiger partial charge in [-0.15, -0.1) is 0 Å². The zero-order valence-corrected chi connectivity index (χ0v) is 24.8. The summed E-state index contributed by atoms with van der Waals surface area (Å²) in [5.74, 6) is -0.406. The smallest absolute Gasteiger partial charge is 0.263 e. The lowest BCUT2D eigenvalue weighted by Crippen LogP contribution is -2.21. The Hall–Kier alpha value is -3.49. The minimum absolute atomic E-state index is 0.0387. The van der Waals surface area contributed by atoms with Gasteiger partial charge in [-0.05, 0) is 61.0 Å². The molecule has 0 saturated heterocycles. The quantitative estimate of drug-likeness (QED) is 0.142. The van der Waals surface area contributed by atoms with E-state index in [9.17, 15) is 17.7 Å². The summed E-state index contributed by atoms with van der Waals surface area (Å²) >= 11 is 12.0. The first-order chi connectivity index (χ1) is 19.3. The van der Waals surface area contributed by atoms with Crippen molar-refractivity contribution in [1.82, 2.24) is 9.97 Å². The fraction of sp³-hybridized carbons (Fsp3) is 0.154. The number of rotatable bonds is 10. The first-order valence-electron chi connectivity index (χ1n) is 11.9. The number of anilines is 4. The summed E-state index contributed by atoms with van der Waals surface area (Å²) in [6.45, 7) is 1.51. The number of nitrogens with zero attached hydrogens (tertiary/aromatic N) is 2. The van der Waals surface area contributed by atoms with Gasteiger partial charge in [0.2, 0.25) is 5.95 Å². The molecule has 41 heavy (non-hydrogen) atoms. The number of sulfonamides is 1. The van der Waals surface area contributed by atoms with Crippen molar-refractivity contribution in [3.05, 3.63) is 82.7 Å². The van der Waals surface area contributed by atoms with Gasteiger partial charge in [0, 0.05) is 34.6 Å². The van der Waals surface area contributed by atoms with Crippen LogP contribution in [0.5, 0.6) is 0 Å². The van der Waals surface area contributed by atoms with Crippen LogP contribution in [0.2, 0.25) is 10.0 Å². The van der Waals surface area contributed by atoms with Gasteiger partial charge in [0.1, 0.15) is 16.5 Å². The molecule has 4 aromatic rings. The van der Waals surface area contributed by atoms with Crippen LogP contribution in [0.4, 0.5) is 27.5 Å². The van der Waals surface area contributed by atoms with Crippen LogP contribution in [-0.2, 0) is 19.8 Å². The first-order valence-corrected chi connectivity index (χ1v) is 16.1. The van der Waals surface area contributed by atoms with Crippen LogP contribution in [0.3, 0.4) is 0 Å². The fourth-order valence-corrected chi connectivity index (χ4v) is 6.11. The molecule has 1 aromatic heterocycles. The minimum Gasteiger partial charge on any atom is -0.394 e. The van der Waals surface area contributed by atoms with Crippen LogP contribution in [0.15, 0.2) is 76.7 Å². The average Bonchev–Trinajstić information content (AvgIpc) is 2.91. The Balaban J connectivity index is 1.64. The van der Waals surface area contributed by atoms with E-state index in [1.165, 1.54) is 42.8 Å². The minimum atomic E-state index is -4.25. The lowest BCUT2D eigenvalue weighted by atomic mass is 10.1. The highest BCUT2D eigenvalue weighted by Gasteiger charge is 2.22. The topological polar surface area (TPSA) is 157 Å². The van der Waals surface area contributed by atoms with Crippen molar-refractivity contribution in [2.24, 2.45) is 0 Å². The maximum atomic E-state index is 15.2. The molecule has 0 bridgehead atoms. The molecule has 0 aliphatic carbocycles. The molecule has 0 amide bonds. The molecule has 1 unspecified atom stereocenters. The summed E-state index contributed by atoms with van der Waals surface area (Å²) in [4.78, 5) is 8.86.